The highest BCUT2D eigenvalue weighted by Gasteiger charge is 2.24. The lowest BCUT2D eigenvalue weighted by molar-refractivity contribution is -0.136. The van der Waals surface area contributed by atoms with Crippen LogP contribution in [0.3, 0.4) is 0 Å². The van der Waals surface area contributed by atoms with Crippen molar-refractivity contribution in [1.29, 1.82) is 0 Å². The molecule has 286 valence electrons. The third-order valence-corrected chi connectivity index (χ3v) is 11.1. The second kappa shape index (κ2) is 18.4. The molecule has 4 aromatic rings. The Morgan fingerprint density at radius 3 is 1.93 bits per heavy atom. The SMILES string of the molecule is COc1cc(-c2nccc(-c3cccc(-c4ccc(CNC5CCN(C(=O)CO)CC5)c(OC)n4)c3Cl)c2Cl)ccc1CNC1CCN(C(=O)CO)CC1. The maximum atomic E-state index is 11.8. The fraction of sp³-hybridized carbons (Fsp3) is 0.400. The number of aliphatic hydroxyl groups is 2. The van der Waals surface area contributed by atoms with E-state index in [0.717, 1.165) is 59.1 Å². The number of amides is 2. The number of aliphatic hydroxyl groups excluding tert-OH is 2. The number of carbonyl (C=O) groups is 2. The molecule has 54 heavy (non-hydrogen) atoms. The molecule has 4 N–H and O–H groups in total. The number of halogens is 2. The average Bonchev–Trinajstić information content (AvgIpc) is 3.22. The maximum Gasteiger partial charge on any atom is 0.248 e. The second-order valence-corrected chi connectivity index (χ2v) is 14.2. The van der Waals surface area contributed by atoms with Crippen molar-refractivity contribution in [3.05, 3.63) is 82.0 Å². The van der Waals surface area contributed by atoms with E-state index in [1.165, 1.54) is 0 Å². The topological polar surface area (TPSA) is 149 Å². The van der Waals surface area contributed by atoms with Crippen LogP contribution >= 0.6 is 23.2 Å². The number of ether oxygens (including phenoxy) is 2. The molecule has 0 unspecified atom stereocenters. The van der Waals surface area contributed by atoms with Gasteiger partial charge in [-0.15, -0.1) is 0 Å². The number of rotatable bonds is 13. The first-order valence-electron chi connectivity index (χ1n) is 18.1. The van der Waals surface area contributed by atoms with Crippen molar-refractivity contribution in [2.75, 3.05) is 53.6 Å². The minimum absolute atomic E-state index is 0.227. The molecular weight excluding hydrogens is 731 g/mol. The Balaban J connectivity index is 1.16. The van der Waals surface area contributed by atoms with Gasteiger partial charge in [-0.3, -0.25) is 14.6 Å². The van der Waals surface area contributed by atoms with Crippen molar-refractivity contribution < 1.29 is 29.3 Å². The summed E-state index contributed by atoms with van der Waals surface area (Å²) in [4.78, 5) is 36.5. The fourth-order valence-electron chi connectivity index (χ4n) is 7.13. The number of carbonyl (C=O) groups excluding carboxylic acids is 2. The summed E-state index contributed by atoms with van der Waals surface area (Å²) in [5.41, 5.74) is 6.12. The number of likely N-dealkylation sites (tertiary alicyclic amines) is 2. The van der Waals surface area contributed by atoms with Crippen molar-refractivity contribution in [3.63, 3.8) is 0 Å². The molecule has 6 rings (SSSR count). The van der Waals surface area contributed by atoms with Crippen LogP contribution in [0.2, 0.25) is 10.0 Å². The van der Waals surface area contributed by atoms with E-state index in [4.69, 9.17) is 47.9 Å². The molecule has 0 atom stereocenters. The highest BCUT2D eigenvalue weighted by molar-refractivity contribution is 6.39. The Bertz CT molecular complexity index is 1810. The van der Waals surface area contributed by atoms with Gasteiger partial charge in [-0.2, -0.15) is 0 Å². The summed E-state index contributed by atoms with van der Waals surface area (Å²) in [6.45, 7) is 2.70. The first kappa shape index (κ1) is 39.4. The third kappa shape index (κ3) is 8.97. The molecule has 2 aromatic heterocycles. The van der Waals surface area contributed by atoms with Crippen LogP contribution in [0.4, 0.5) is 0 Å². The zero-order chi connectivity index (χ0) is 38.2. The zero-order valence-corrected chi connectivity index (χ0v) is 32.0. The van der Waals surface area contributed by atoms with Crippen LogP contribution in [0, 0.1) is 0 Å². The lowest BCUT2D eigenvalue weighted by Gasteiger charge is -2.32. The van der Waals surface area contributed by atoms with Gasteiger partial charge in [-0.05, 0) is 43.9 Å². The van der Waals surface area contributed by atoms with Gasteiger partial charge in [0.2, 0.25) is 17.7 Å². The number of benzene rings is 2. The van der Waals surface area contributed by atoms with Crippen molar-refractivity contribution in [1.82, 2.24) is 30.4 Å². The summed E-state index contributed by atoms with van der Waals surface area (Å²) in [6, 6.07) is 17.9. The first-order valence-corrected chi connectivity index (χ1v) is 18.9. The van der Waals surface area contributed by atoms with E-state index in [9.17, 15) is 9.59 Å². The smallest absolute Gasteiger partial charge is 0.248 e. The Hall–Kier alpha value is -4.30. The Morgan fingerprint density at radius 2 is 1.33 bits per heavy atom. The van der Waals surface area contributed by atoms with Crippen LogP contribution in [-0.2, 0) is 22.7 Å². The molecule has 2 aromatic carbocycles. The number of nitrogens with one attached hydrogen (secondary N) is 2. The van der Waals surface area contributed by atoms with E-state index in [-0.39, 0.29) is 23.9 Å². The fourth-order valence-corrected chi connectivity index (χ4v) is 7.78. The molecule has 2 aliphatic heterocycles. The monoisotopic (exact) mass is 776 g/mol. The van der Waals surface area contributed by atoms with Crippen molar-refractivity contribution >= 4 is 35.0 Å². The predicted octanol–water partition coefficient (Wildman–Crippen LogP) is 4.95. The highest BCUT2D eigenvalue weighted by atomic mass is 35.5. The van der Waals surface area contributed by atoms with Gasteiger partial charge in [0.25, 0.3) is 0 Å². The van der Waals surface area contributed by atoms with Gasteiger partial charge >= 0.3 is 0 Å². The van der Waals surface area contributed by atoms with E-state index in [2.05, 4.69) is 15.6 Å². The molecule has 2 saturated heterocycles. The van der Waals surface area contributed by atoms with Crippen LogP contribution < -0.4 is 20.1 Å². The lowest BCUT2D eigenvalue weighted by Crippen LogP contribution is -2.45. The van der Waals surface area contributed by atoms with Crippen LogP contribution in [0.15, 0.2) is 60.8 Å². The van der Waals surface area contributed by atoms with E-state index in [1.807, 2.05) is 54.6 Å². The molecule has 0 aliphatic carbocycles. The number of aromatic nitrogens is 2. The van der Waals surface area contributed by atoms with E-state index < -0.39 is 13.2 Å². The van der Waals surface area contributed by atoms with Crippen molar-refractivity contribution in [2.45, 2.75) is 50.9 Å². The maximum absolute atomic E-state index is 11.8. The van der Waals surface area contributed by atoms with Gasteiger partial charge in [-0.25, -0.2) is 4.98 Å². The zero-order valence-electron chi connectivity index (χ0n) is 30.5. The van der Waals surface area contributed by atoms with Crippen molar-refractivity contribution in [3.8, 4) is 45.3 Å². The minimum Gasteiger partial charge on any atom is -0.496 e. The Kier molecular flexibility index (Phi) is 13.4. The summed E-state index contributed by atoms with van der Waals surface area (Å²) in [5.74, 6) is 0.737. The molecule has 2 fully saturated rings. The number of piperidine rings is 2. The van der Waals surface area contributed by atoms with Gasteiger partial charge in [0.05, 0.1) is 35.7 Å². The van der Waals surface area contributed by atoms with Crippen LogP contribution in [-0.4, -0.2) is 107 Å². The molecule has 2 amide bonds. The van der Waals surface area contributed by atoms with Gasteiger partial charge in [0.1, 0.15) is 19.0 Å². The normalized spacial score (nSPS) is 15.4. The van der Waals surface area contributed by atoms with Gasteiger partial charge < -0.3 is 40.1 Å². The van der Waals surface area contributed by atoms with Crippen LogP contribution in [0.1, 0.15) is 36.8 Å². The predicted molar refractivity (Wildman–Crippen MR) is 209 cm³/mol. The van der Waals surface area contributed by atoms with Gasteiger partial charge in [0, 0.05) is 90.9 Å². The standard InChI is InChI=1S/C40H46Cl2N6O6/c1-53-34-20-25(6-7-26(34)21-44-28-11-16-47(17-12-28)35(51)23-49)39-38(42)31(10-15-43-39)30-4-3-5-32(37(30)41)33-9-8-27(40(46-33)54-2)22-45-29-13-18-48(19-14-29)36(52)24-50/h3-10,15,20,28-29,44-45,49-50H,11-14,16-19,21-24H2,1-2H3. The molecule has 12 nitrogen and oxygen atoms in total. The molecule has 14 heteroatoms. The molecule has 2 aliphatic rings. The molecule has 0 spiro atoms. The Morgan fingerprint density at radius 1 is 0.759 bits per heavy atom. The summed E-state index contributed by atoms with van der Waals surface area (Å²) < 4.78 is 11.5. The lowest BCUT2D eigenvalue weighted by atomic mass is 9.99. The number of hydrogen-bond acceptors (Lipinski definition) is 10. The summed E-state index contributed by atoms with van der Waals surface area (Å²) >= 11 is 14.2. The molecule has 0 saturated carbocycles. The van der Waals surface area contributed by atoms with Crippen LogP contribution in [0.25, 0.3) is 33.6 Å². The number of pyridine rings is 2. The van der Waals surface area contributed by atoms with Crippen molar-refractivity contribution in [2.24, 2.45) is 0 Å². The Labute approximate surface area is 325 Å². The van der Waals surface area contributed by atoms with E-state index in [1.54, 1.807) is 30.2 Å². The second-order valence-electron chi connectivity index (χ2n) is 13.5. The number of methoxy groups -OCH3 is 2. The van der Waals surface area contributed by atoms with Crippen LogP contribution in [0.5, 0.6) is 11.6 Å². The molecule has 4 heterocycles. The molecular formula is C40H46Cl2N6O6. The van der Waals surface area contributed by atoms with E-state index >= 15 is 0 Å². The van der Waals surface area contributed by atoms with E-state index in [0.29, 0.717) is 72.3 Å². The summed E-state index contributed by atoms with van der Waals surface area (Å²) in [7, 11) is 3.23. The number of hydrogen-bond donors (Lipinski definition) is 4. The molecule has 0 radical (unpaired) electrons. The third-order valence-electron chi connectivity index (χ3n) is 10.3. The minimum atomic E-state index is -0.457. The quantitative estimate of drug-likeness (QED) is 0.147. The highest BCUT2D eigenvalue weighted by Crippen LogP contribution is 2.42. The largest absolute Gasteiger partial charge is 0.496 e. The van der Waals surface area contributed by atoms with Gasteiger partial charge in [-0.1, -0.05) is 59.6 Å². The number of nitrogens with zero attached hydrogens (tertiary/aromatic N) is 4. The summed E-state index contributed by atoms with van der Waals surface area (Å²) in [5, 5.41) is 26.4. The summed E-state index contributed by atoms with van der Waals surface area (Å²) in [6.07, 6.45) is 4.94. The molecule has 0 bridgehead atoms. The first-order chi connectivity index (χ1) is 26.2. The average molecular weight is 778 g/mol. The van der Waals surface area contributed by atoms with Gasteiger partial charge in [0.15, 0.2) is 0 Å².